The second kappa shape index (κ2) is 13.8. The molecule has 0 heterocycles. The SMILES string of the molecule is O=C(c1ccccc1)c1ccccc1N[C@@H](Cc1ccc(OCC=Cc2ccc(-c3ccccc3)cc2)cc1)C(=O)O. The number of para-hydroxylation sites is 1. The number of ether oxygens (including phenoxy) is 1. The summed E-state index contributed by atoms with van der Waals surface area (Å²) in [5.41, 5.74) is 5.75. The van der Waals surface area contributed by atoms with E-state index >= 15 is 0 Å². The highest BCUT2D eigenvalue weighted by Crippen LogP contribution is 2.23. The molecule has 0 bridgehead atoms. The van der Waals surface area contributed by atoms with Crippen molar-refractivity contribution in [2.45, 2.75) is 12.5 Å². The molecule has 0 saturated heterocycles. The molecule has 0 unspecified atom stereocenters. The molecule has 42 heavy (non-hydrogen) atoms. The second-order valence-corrected chi connectivity index (χ2v) is 9.83. The van der Waals surface area contributed by atoms with Gasteiger partial charge >= 0.3 is 5.97 Å². The van der Waals surface area contributed by atoms with E-state index < -0.39 is 12.0 Å². The summed E-state index contributed by atoms with van der Waals surface area (Å²) in [5.74, 6) is -0.469. The predicted molar refractivity (Wildman–Crippen MR) is 168 cm³/mol. The van der Waals surface area contributed by atoms with Crippen LogP contribution in [0.25, 0.3) is 17.2 Å². The van der Waals surface area contributed by atoms with Gasteiger partial charge in [0.15, 0.2) is 5.78 Å². The highest BCUT2D eigenvalue weighted by Gasteiger charge is 2.21. The van der Waals surface area contributed by atoms with Crippen LogP contribution in [0, 0.1) is 0 Å². The van der Waals surface area contributed by atoms with Crippen molar-refractivity contribution in [2.24, 2.45) is 0 Å². The minimum absolute atomic E-state index is 0.164. The summed E-state index contributed by atoms with van der Waals surface area (Å²) in [6, 6.07) is 41.0. The Morgan fingerprint density at radius 1 is 0.714 bits per heavy atom. The lowest BCUT2D eigenvalue weighted by molar-refractivity contribution is -0.137. The van der Waals surface area contributed by atoms with Gasteiger partial charge in [0.1, 0.15) is 18.4 Å². The number of benzene rings is 5. The van der Waals surface area contributed by atoms with E-state index in [1.807, 2.05) is 60.7 Å². The maximum Gasteiger partial charge on any atom is 0.326 e. The molecule has 5 aromatic carbocycles. The largest absolute Gasteiger partial charge is 0.490 e. The Hall–Kier alpha value is -5.42. The van der Waals surface area contributed by atoms with Crippen LogP contribution in [-0.2, 0) is 11.2 Å². The van der Waals surface area contributed by atoms with Gasteiger partial charge < -0.3 is 15.2 Å². The zero-order chi connectivity index (χ0) is 29.1. The van der Waals surface area contributed by atoms with Crippen molar-refractivity contribution in [3.05, 3.63) is 162 Å². The zero-order valence-corrected chi connectivity index (χ0v) is 23.0. The first kappa shape index (κ1) is 28.1. The Morgan fingerprint density at radius 2 is 1.33 bits per heavy atom. The lowest BCUT2D eigenvalue weighted by Gasteiger charge is -2.18. The van der Waals surface area contributed by atoms with Crippen molar-refractivity contribution >= 4 is 23.5 Å². The number of aliphatic carboxylic acids is 1. The highest BCUT2D eigenvalue weighted by atomic mass is 16.5. The van der Waals surface area contributed by atoms with E-state index in [-0.39, 0.29) is 12.2 Å². The van der Waals surface area contributed by atoms with Gasteiger partial charge in [0, 0.05) is 23.2 Å². The molecule has 0 aliphatic carbocycles. The molecule has 0 saturated carbocycles. The summed E-state index contributed by atoms with van der Waals surface area (Å²) in [6.07, 6.45) is 4.22. The molecule has 1 atom stereocenters. The molecule has 208 valence electrons. The number of nitrogens with one attached hydrogen (secondary N) is 1. The number of rotatable bonds is 12. The first-order chi connectivity index (χ1) is 20.6. The highest BCUT2D eigenvalue weighted by molar-refractivity contribution is 6.12. The first-order valence-corrected chi connectivity index (χ1v) is 13.8. The number of carboxylic acids is 1. The van der Waals surface area contributed by atoms with Crippen LogP contribution in [0.2, 0.25) is 0 Å². The van der Waals surface area contributed by atoms with Crippen LogP contribution in [-0.4, -0.2) is 29.5 Å². The Balaban J connectivity index is 1.16. The summed E-state index contributed by atoms with van der Waals surface area (Å²) in [4.78, 5) is 25.2. The molecule has 5 heteroatoms. The number of hydrogen-bond donors (Lipinski definition) is 2. The molecule has 5 aromatic rings. The average molecular weight is 554 g/mol. The first-order valence-electron chi connectivity index (χ1n) is 13.8. The zero-order valence-electron chi connectivity index (χ0n) is 23.0. The number of carboxylic acid groups (broad SMARTS) is 1. The van der Waals surface area contributed by atoms with Gasteiger partial charge in [-0.2, -0.15) is 0 Å². The molecular weight excluding hydrogens is 522 g/mol. The minimum atomic E-state index is -1.00. The smallest absolute Gasteiger partial charge is 0.326 e. The van der Waals surface area contributed by atoms with Crippen LogP contribution in [0.4, 0.5) is 5.69 Å². The summed E-state index contributed by atoms with van der Waals surface area (Å²) < 4.78 is 5.85. The van der Waals surface area contributed by atoms with Gasteiger partial charge in [0.25, 0.3) is 0 Å². The van der Waals surface area contributed by atoms with Crippen LogP contribution >= 0.6 is 0 Å². The minimum Gasteiger partial charge on any atom is -0.490 e. The van der Waals surface area contributed by atoms with Crippen molar-refractivity contribution in [1.82, 2.24) is 0 Å². The Labute approximate surface area is 245 Å². The van der Waals surface area contributed by atoms with Crippen molar-refractivity contribution in [3.8, 4) is 16.9 Å². The normalized spacial score (nSPS) is 11.6. The molecule has 5 nitrogen and oxygen atoms in total. The summed E-state index contributed by atoms with van der Waals surface area (Å²) in [5, 5.41) is 13.0. The number of hydrogen-bond acceptors (Lipinski definition) is 4. The maximum absolute atomic E-state index is 13.1. The topological polar surface area (TPSA) is 75.6 Å². The molecule has 0 fully saturated rings. The monoisotopic (exact) mass is 553 g/mol. The van der Waals surface area contributed by atoms with E-state index in [0.717, 1.165) is 11.1 Å². The molecule has 0 aliphatic rings. The second-order valence-electron chi connectivity index (χ2n) is 9.83. The van der Waals surface area contributed by atoms with Crippen molar-refractivity contribution < 1.29 is 19.4 Å². The Bertz CT molecular complexity index is 1640. The Kier molecular flexibility index (Phi) is 9.22. The van der Waals surface area contributed by atoms with E-state index in [4.69, 9.17) is 4.74 Å². The lowest BCUT2D eigenvalue weighted by atomic mass is 10.00. The quantitative estimate of drug-likeness (QED) is 0.154. The fourth-order valence-corrected chi connectivity index (χ4v) is 4.64. The molecule has 2 N–H and O–H groups in total. The lowest BCUT2D eigenvalue weighted by Crippen LogP contribution is -2.32. The van der Waals surface area contributed by atoms with Crippen LogP contribution < -0.4 is 10.1 Å². The number of carbonyl (C=O) groups is 2. The molecule has 0 radical (unpaired) electrons. The van der Waals surface area contributed by atoms with Crippen molar-refractivity contribution in [3.63, 3.8) is 0 Å². The number of ketones is 1. The van der Waals surface area contributed by atoms with Gasteiger partial charge in [0.05, 0.1) is 0 Å². The summed E-state index contributed by atoms with van der Waals surface area (Å²) in [7, 11) is 0. The van der Waals surface area contributed by atoms with E-state index in [2.05, 4.69) is 41.7 Å². The third kappa shape index (κ3) is 7.40. The third-order valence-corrected chi connectivity index (χ3v) is 6.87. The van der Waals surface area contributed by atoms with E-state index in [9.17, 15) is 14.7 Å². The van der Waals surface area contributed by atoms with Gasteiger partial charge in [-0.15, -0.1) is 0 Å². The number of anilines is 1. The molecule has 0 aliphatic heterocycles. The fraction of sp³-hybridized carbons (Fsp3) is 0.0811. The summed E-state index contributed by atoms with van der Waals surface area (Å²) in [6.45, 7) is 0.408. The van der Waals surface area contributed by atoms with Gasteiger partial charge in [-0.1, -0.05) is 115 Å². The van der Waals surface area contributed by atoms with Crippen molar-refractivity contribution in [2.75, 3.05) is 11.9 Å². The van der Waals surface area contributed by atoms with Gasteiger partial charge in [-0.05, 0) is 52.6 Å². The Morgan fingerprint density at radius 3 is 2.02 bits per heavy atom. The molecular formula is C37H31NO4. The maximum atomic E-state index is 13.1. The van der Waals surface area contributed by atoms with Crippen LogP contribution in [0.3, 0.4) is 0 Å². The van der Waals surface area contributed by atoms with Gasteiger partial charge in [-0.25, -0.2) is 4.79 Å². The van der Waals surface area contributed by atoms with Crippen LogP contribution in [0.5, 0.6) is 5.75 Å². The van der Waals surface area contributed by atoms with Crippen molar-refractivity contribution in [1.29, 1.82) is 0 Å². The standard InChI is InChI=1S/C37H31NO4/c39-36(31-13-5-2-6-14-31)33-15-7-8-16-34(33)38-35(37(40)41)26-28-19-23-32(24-20-28)42-25-9-10-27-17-21-30(22-18-27)29-11-3-1-4-12-29/h1-24,35,38H,25-26H2,(H,40,41)/t35-/m0/s1. The average Bonchev–Trinajstić information content (AvgIpc) is 3.04. The summed E-state index contributed by atoms with van der Waals surface area (Å²) >= 11 is 0. The molecule has 0 aromatic heterocycles. The van der Waals surface area contributed by atoms with E-state index in [1.54, 1.807) is 48.5 Å². The van der Waals surface area contributed by atoms with Gasteiger partial charge in [-0.3, -0.25) is 4.79 Å². The molecule has 0 amide bonds. The fourth-order valence-electron chi connectivity index (χ4n) is 4.64. The van der Waals surface area contributed by atoms with Crippen LogP contribution in [0.15, 0.2) is 140 Å². The van der Waals surface area contributed by atoms with Gasteiger partial charge in [0.2, 0.25) is 0 Å². The number of carbonyl (C=O) groups excluding carboxylic acids is 1. The molecule has 0 spiro atoms. The molecule has 5 rings (SSSR count). The van der Waals surface area contributed by atoms with E-state index in [1.165, 1.54) is 11.1 Å². The van der Waals surface area contributed by atoms with E-state index in [0.29, 0.717) is 29.2 Å². The van der Waals surface area contributed by atoms with Crippen LogP contribution in [0.1, 0.15) is 27.0 Å². The third-order valence-electron chi connectivity index (χ3n) is 6.87. The predicted octanol–water partition coefficient (Wildman–Crippen LogP) is 7.78.